The molecule has 0 aliphatic carbocycles. The molecule has 0 atom stereocenters. The molecule has 0 bridgehead atoms. The summed E-state index contributed by atoms with van der Waals surface area (Å²) < 4.78 is 5.43. The van der Waals surface area contributed by atoms with E-state index in [9.17, 15) is 0 Å². The van der Waals surface area contributed by atoms with Gasteiger partial charge in [-0.15, -0.1) is 13.2 Å². The Morgan fingerprint density at radius 3 is 2.30 bits per heavy atom. The van der Waals surface area contributed by atoms with Crippen LogP contribution in [0.2, 0.25) is 0 Å². The lowest BCUT2D eigenvalue weighted by Crippen LogP contribution is -2.54. The molecule has 0 saturated carbocycles. The van der Waals surface area contributed by atoms with E-state index in [0.29, 0.717) is 0 Å². The molecule has 3 nitrogen and oxygen atoms in total. The first kappa shape index (κ1) is 15.7. The Kier molecular flexibility index (Phi) is 6.27. The highest BCUT2D eigenvalue weighted by molar-refractivity contribution is 5.01. The fourth-order valence-corrected chi connectivity index (χ4v) is 3.67. The molecule has 2 heterocycles. The fraction of sp³-hybridized carbons (Fsp3) is 0.765. The van der Waals surface area contributed by atoms with Crippen molar-refractivity contribution in [2.45, 2.75) is 37.6 Å². The summed E-state index contributed by atoms with van der Waals surface area (Å²) >= 11 is 0. The van der Waals surface area contributed by atoms with Gasteiger partial charge in [0.1, 0.15) is 0 Å². The monoisotopic (exact) mass is 278 g/mol. The molecule has 2 aliphatic rings. The van der Waals surface area contributed by atoms with Gasteiger partial charge in [-0.3, -0.25) is 9.80 Å². The van der Waals surface area contributed by atoms with E-state index in [1.54, 1.807) is 0 Å². The average molecular weight is 278 g/mol. The molecule has 0 aromatic heterocycles. The van der Waals surface area contributed by atoms with Crippen LogP contribution in [0.5, 0.6) is 0 Å². The minimum absolute atomic E-state index is 0.286. The molecule has 2 fully saturated rings. The topological polar surface area (TPSA) is 15.7 Å². The zero-order chi connectivity index (χ0) is 14.3. The number of hydrogen-bond acceptors (Lipinski definition) is 3. The SMILES string of the molecule is C=CCC1(CC=C)CCCCN1CCN1CCOCC1. The van der Waals surface area contributed by atoms with Crippen molar-refractivity contribution < 1.29 is 4.74 Å². The quantitative estimate of drug-likeness (QED) is 0.666. The smallest absolute Gasteiger partial charge is 0.0594 e. The van der Waals surface area contributed by atoms with Gasteiger partial charge in [0.2, 0.25) is 0 Å². The largest absolute Gasteiger partial charge is 0.379 e. The average Bonchev–Trinajstić information content (AvgIpc) is 2.48. The van der Waals surface area contributed by atoms with Crippen LogP contribution >= 0.6 is 0 Å². The molecular formula is C17H30N2O. The van der Waals surface area contributed by atoms with Crippen LogP contribution in [0, 0.1) is 0 Å². The molecule has 0 amide bonds. The van der Waals surface area contributed by atoms with E-state index in [1.807, 2.05) is 0 Å². The highest BCUT2D eigenvalue weighted by Crippen LogP contribution is 2.34. The second-order valence-corrected chi connectivity index (χ2v) is 6.11. The number of ether oxygens (including phenoxy) is 1. The maximum Gasteiger partial charge on any atom is 0.0594 e. The second kappa shape index (κ2) is 7.96. The molecule has 0 radical (unpaired) electrons. The number of likely N-dealkylation sites (tertiary alicyclic amines) is 1. The third-order valence-corrected chi connectivity index (χ3v) is 4.83. The summed E-state index contributed by atoms with van der Waals surface area (Å²) in [6.07, 6.45) is 10.3. The third kappa shape index (κ3) is 3.94. The van der Waals surface area contributed by atoms with Crippen molar-refractivity contribution in [1.82, 2.24) is 9.80 Å². The predicted octanol–water partition coefficient (Wildman–Crippen LogP) is 2.70. The van der Waals surface area contributed by atoms with E-state index < -0.39 is 0 Å². The van der Waals surface area contributed by atoms with Gasteiger partial charge in [-0.05, 0) is 32.2 Å². The minimum atomic E-state index is 0.286. The van der Waals surface area contributed by atoms with Gasteiger partial charge in [-0.25, -0.2) is 0 Å². The van der Waals surface area contributed by atoms with Gasteiger partial charge < -0.3 is 4.74 Å². The Bertz CT molecular complexity index is 300. The van der Waals surface area contributed by atoms with Crippen LogP contribution in [0.25, 0.3) is 0 Å². The molecule has 0 aromatic rings. The fourth-order valence-electron chi connectivity index (χ4n) is 3.67. The van der Waals surface area contributed by atoms with Crippen LogP contribution < -0.4 is 0 Å². The molecule has 0 spiro atoms. The number of morpholine rings is 1. The van der Waals surface area contributed by atoms with Crippen molar-refractivity contribution in [3.8, 4) is 0 Å². The van der Waals surface area contributed by atoms with Gasteiger partial charge >= 0.3 is 0 Å². The van der Waals surface area contributed by atoms with Crippen LogP contribution in [-0.4, -0.2) is 61.3 Å². The van der Waals surface area contributed by atoms with Gasteiger partial charge in [-0.2, -0.15) is 0 Å². The maximum atomic E-state index is 5.43. The lowest BCUT2D eigenvalue weighted by molar-refractivity contribution is 0.0101. The third-order valence-electron chi connectivity index (χ3n) is 4.83. The molecular weight excluding hydrogens is 248 g/mol. The zero-order valence-corrected chi connectivity index (χ0v) is 12.9. The summed E-state index contributed by atoms with van der Waals surface area (Å²) in [6, 6.07) is 0. The molecule has 0 N–H and O–H groups in total. The Labute approximate surface area is 124 Å². The van der Waals surface area contributed by atoms with Crippen molar-refractivity contribution in [3.05, 3.63) is 25.3 Å². The predicted molar refractivity (Wildman–Crippen MR) is 85.0 cm³/mol. The lowest BCUT2D eigenvalue weighted by Gasteiger charge is -2.47. The standard InChI is InChI=1S/C17H30N2O/c1-3-7-17(8-4-2)9-5-6-10-19(17)12-11-18-13-15-20-16-14-18/h3-4H,1-2,5-16H2. The van der Waals surface area contributed by atoms with E-state index >= 15 is 0 Å². The Morgan fingerprint density at radius 2 is 1.65 bits per heavy atom. The molecule has 0 unspecified atom stereocenters. The maximum absolute atomic E-state index is 5.43. The molecule has 2 saturated heterocycles. The van der Waals surface area contributed by atoms with E-state index in [2.05, 4.69) is 35.1 Å². The highest BCUT2D eigenvalue weighted by Gasteiger charge is 2.36. The van der Waals surface area contributed by atoms with Crippen LogP contribution in [0.4, 0.5) is 0 Å². The van der Waals surface area contributed by atoms with Crippen LogP contribution in [0.15, 0.2) is 25.3 Å². The Hall–Kier alpha value is -0.640. The summed E-state index contributed by atoms with van der Waals surface area (Å²) in [5.41, 5.74) is 0.286. The van der Waals surface area contributed by atoms with Gasteiger partial charge in [-0.1, -0.05) is 18.6 Å². The summed E-state index contributed by atoms with van der Waals surface area (Å²) in [5.74, 6) is 0. The van der Waals surface area contributed by atoms with Crippen molar-refractivity contribution in [2.75, 3.05) is 45.9 Å². The molecule has 3 heteroatoms. The lowest BCUT2D eigenvalue weighted by atomic mass is 9.81. The van der Waals surface area contributed by atoms with Gasteiger partial charge in [0, 0.05) is 31.7 Å². The molecule has 2 rings (SSSR count). The summed E-state index contributed by atoms with van der Waals surface area (Å²) in [6.45, 7) is 15.5. The first-order valence-corrected chi connectivity index (χ1v) is 8.08. The van der Waals surface area contributed by atoms with E-state index in [0.717, 1.165) is 39.1 Å². The molecule has 2 aliphatic heterocycles. The second-order valence-electron chi connectivity index (χ2n) is 6.11. The van der Waals surface area contributed by atoms with Crippen LogP contribution in [0.3, 0.4) is 0 Å². The van der Waals surface area contributed by atoms with Gasteiger partial charge in [0.05, 0.1) is 13.2 Å². The van der Waals surface area contributed by atoms with Crippen LogP contribution in [-0.2, 0) is 4.74 Å². The molecule has 20 heavy (non-hydrogen) atoms. The van der Waals surface area contributed by atoms with Crippen molar-refractivity contribution in [1.29, 1.82) is 0 Å². The number of rotatable bonds is 7. The van der Waals surface area contributed by atoms with Crippen molar-refractivity contribution in [3.63, 3.8) is 0 Å². The number of piperidine rings is 1. The summed E-state index contributed by atoms with van der Waals surface area (Å²) in [5, 5.41) is 0. The summed E-state index contributed by atoms with van der Waals surface area (Å²) in [7, 11) is 0. The van der Waals surface area contributed by atoms with Gasteiger partial charge in [0.15, 0.2) is 0 Å². The Balaban J connectivity index is 1.93. The van der Waals surface area contributed by atoms with E-state index in [4.69, 9.17) is 4.74 Å². The number of hydrogen-bond donors (Lipinski definition) is 0. The van der Waals surface area contributed by atoms with Crippen molar-refractivity contribution >= 4 is 0 Å². The Morgan fingerprint density at radius 1 is 0.950 bits per heavy atom. The first-order chi connectivity index (χ1) is 9.80. The van der Waals surface area contributed by atoms with E-state index in [-0.39, 0.29) is 5.54 Å². The zero-order valence-electron chi connectivity index (χ0n) is 12.9. The summed E-state index contributed by atoms with van der Waals surface area (Å²) in [4.78, 5) is 5.24. The van der Waals surface area contributed by atoms with Gasteiger partial charge in [0.25, 0.3) is 0 Å². The molecule has 0 aromatic carbocycles. The first-order valence-electron chi connectivity index (χ1n) is 8.08. The van der Waals surface area contributed by atoms with E-state index in [1.165, 1.54) is 38.9 Å². The minimum Gasteiger partial charge on any atom is -0.379 e. The normalized spacial score (nSPS) is 24.4. The molecule has 114 valence electrons. The highest BCUT2D eigenvalue weighted by atomic mass is 16.5. The number of nitrogens with zero attached hydrogens (tertiary/aromatic N) is 2. The van der Waals surface area contributed by atoms with Crippen molar-refractivity contribution in [2.24, 2.45) is 0 Å². The van der Waals surface area contributed by atoms with Crippen LogP contribution in [0.1, 0.15) is 32.1 Å².